The molecule has 2 aliphatic carbocycles. The predicted octanol–water partition coefficient (Wildman–Crippen LogP) is 4.44. The molecule has 4 heteroatoms. The van der Waals surface area contributed by atoms with Crippen molar-refractivity contribution in [2.24, 2.45) is 0 Å². The molecule has 0 N–H and O–H groups in total. The number of ether oxygens (including phenoxy) is 2. The molecule has 0 amide bonds. The Balaban J connectivity index is 0.000000448. The largest absolute Gasteiger partial charge is 2.00 e. The molecule has 2 aliphatic rings. The number of allylic oxidation sites excluding steroid dienone is 10. The summed E-state index contributed by atoms with van der Waals surface area (Å²) in [6.45, 7) is 0. The first kappa shape index (κ1) is 20.8. The van der Waals surface area contributed by atoms with Crippen LogP contribution in [0.25, 0.3) is 0 Å². The Kier molecular flexibility index (Phi) is 9.38. The number of hydrogen-bond donors (Lipinski definition) is 0. The maximum Gasteiger partial charge on any atom is 2.00 e. The van der Waals surface area contributed by atoms with E-state index in [4.69, 9.17) is 9.47 Å². The Bertz CT molecular complexity index is 715. The molecule has 0 bridgehead atoms. The van der Waals surface area contributed by atoms with E-state index < -0.39 is 0 Å². The average molecular weight is 376 g/mol. The van der Waals surface area contributed by atoms with Gasteiger partial charge < -0.3 is 9.47 Å². The summed E-state index contributed by atoms with van der Waals surface area (Å²) in [6.07, 6.45) is 21.1. The smallest absolute Gasteiger partial charge is 0.497 e. The summed E-state index contributed by atoms with van der Waals surface area (Å²) in [6, 6.07) is 5.14. The third-order valence-corrected chi connectivity index (χ3v) is 3.41. The zero-order chi connectivity index (χ0) is 17.2. The van der Waals surface area contributed by atoms with Crippen LogP contribution < -0.4 is 9.47 Å². The molecule has 1 aromatic carbocycles. The molecule has 0 spiro atoms. The Morgan fingerprint density at radius 2 is 2.00 bits per heavy atom. The number of rotatable bonds is 5. The van der Waals surface area contributed by atoms with Crippen LogP contribution in [0.4, 0.5) is 0 Å². The van der Waals surface area contributed by atoms with Gasteiger partial charge in [0.1, 0.15) is 11.5 Å². The van der Waals surface area contributed by atoms with Gasteiger partial charge in [0.25, 0.3) is 0 Å². The van der Waals surface area contributed by atoms with E-state index in [2.05, 4.69) is 18.2 Å². The standard InChI is InChI=1S/C16H15O3.C5H5.Fe/c1-18-13-8-9-14(16(11-13)19-2)15(17)10-7-12-5-3-4-6-12;1-2-4-5-3-1;/h5-11H,3H2,1-2H3;1-3H,4H2;/q2*-1;+2/b10-7+;;. The molecule has 130 valence electrons. The molecule has 3 rings (SSSR count). The fourth-order valence-electron chi connectivity index (χ4n) is 2.13. The minimum atomic E-state index is -0.0966. The third-order valence-electron chi connectivity index (χ3n) is 3.41. The van der Waals surface area contributed by atoms with Crippen molar-refractivity contribution in [1.82, 2.24) is 0 Å². The number of benzene rings is 1. The van der Waals surface area contributed by atoms with E-state index in [1.165, 1.54) is 7.11 Å². The molecule has 0 fully saturated rings. The maximum absolute atomic E-state index is 12.1. The summed E-state index contributed by atoms with van der Waals surface area (Å²) in [5, 5.41) is 0. The van der Waals surface area contributed by atoms with Gasteiger partial charge in [-0.1, -0.05) is 0 Å². The molecule has 3 nitrogen and oxygen atoms in total. The van der Waals surface area contributed by atoms with Crippen molar-refractivity contribution < 1.29 is 31.3 Å². The van der Waals surface area contributed by atoms with E-state index in [0.717, 1.165) is 18.4 Å². The Labute approximate surface area is 159 Å². The molecule has 0 radical (unpaired) electrons. The quantitative estimate of drug-likeness (QED) is 0.330. The van der Waals surface area contributed by atoms with Crippen molar-refractivity contribution in [2.75, 3.05) is 14.2 Å². The molecular formula is C21H20FeO3. The van der Waals surface area contributed by atoms with Gasteiger partial charge in [-0.2, -0.15) is 17.7 Å². The van der Waals surface area contributed by atoms with Crippen LogP contribution in [0.1, 0.15) is 23.2 Å². The first-order chi connectivity index (χ1) is 11.7. The molecule has 25 heavy (non-hydrogen) atoms. The molecule has 0 heterocycles. The van der Waals surface area contributed by atoms with Gasteiger partial charge >= 0.3 is 17.1 Å². The summed E-state index contributed by atoms with van der Waals surface area (Å²) in [5.41, 5.74) is 1.52. The van der Waals surface area contributed by atoms with Crippen LogP contribution in [0.15, 0.2) is 66.3 Å². The predicted molar refractivity (Wildman–Crippen MR) is 95.1 cm³/mol. The second-order valence-corrected chi connectivity index (χ2v) is 5.02. The summed E-state index contributed by atoms with van der Waals surface area (Å²) in [7, 11) is 3.11. The zero-order valence-electron chi connectivity index (χ0n) is 14.3. The monoisotopic (exact) mass is 376 g/mol. The van der Waals surface area contributed by atoms with Crippen LogP contribution in [0, 0.1) is 12.2 Å². The summed E-state index contributed by atoms with van der Waals surface area (Å²) in [4.78, 5) is 12.1. The van der Waals surface area contributed by atoms with Crippen molar-refractivity contribution in [3.8, 4) is 11.5 Å². The van der Waals surface area contributed by atoms with Gasteiger partial charge in [-0.05, 0) is 18.2 Å². The number of carbonyl (C=O) groups excluding carboxylic acids is 1. The van der Waals surface area contributed by atoms with Crippen LogP contribution in [0.2, 0.25) is 0 Å². The zero-order valence-corrected chi connectivity index (χ0v) is 15.4. The van der Waals surface area contributed by atoms with Crippen molar-refractivity contribution in [3.63, 3.8) is 0 Å². The number of carbonyl (C=O) groups is 1. The van der Waals surface area contributed by atoms with Crippen molar-refractivity contribution in [2.45, 2.75) is 12.8 Å². The van der Waals surface area contributed by atoms with E-state index in [-0.39, 0.29) is 22.9 Å². The minimum absolute atomic E-state index is 0. The molecule has 0 atom stereocenters. The Morgan fingerprint density at radius 3 is 2.52 bits per heavy atom. The fourth-order valence-corrected chi connectivity index (χ4v) is 2.13. The minimum Gasteiger partial charge on any atom is -0.497 e. The average Bonchev–Trinajstić information content (AvgIpc) is 3.35. The van der Waals surface area contributed by atoms with Crippen molar-refractivity contribution in [3.05, 3.63) is 84.0 Å². The van der Waals surface area contributed by atoms with Crippen LogP contribution >= 0.6 is 0 Å². The Morgan fingerprint density at radius 1 is 1.16 bits per heavy atom. The molecular weight excluding hydrogens is 356 g/mol. The first-order valence-electron chi connectivity index (χ1n) is 7.67. The number of hydrogen-bond acceptors (Lipinski definition) is 3. The van der Waals surface area contributed by atoms with Crippen LogP contribution in [0.5, 0.6) is 11.5 Å². The topological polar surface area (TPSA) is 35.5 Å². The van der Waals surface area contributed by atoms with Gasteiger partial charge in [0, 0.05) is 6.07 Å². The Hall–Kier alpha value is -2.29. The van der Waals surface area contributed by atoms with E-state index in [0.29, 0.717) is 17.1 Å². The number of ketones is 1. The second kappa shape index (κ2) is 11.3. The summed E-state index contributed by atoms with van der Waals surface area (Å²) >= 11 is 0. The molecule has 0 saturated heterocycles. The second-order valence-electron chi connectivity index (χ2n) is 5.02. The fraction of sp³-hybridized carbons (Fsp3) is 0.190. The van der Waals surface area contributed by atoms with Crippen LogP contribution in [-0.4, -0.2) is 20.0 Å². The molecule has 0 unspecified atom stereocenters. The van der Waals surface area contributed by atoms with Gasteiger partial charge in [-0.3, -0.25) is 16.9 Å². The van der Waals surface area contributed by atoms with E-state index in [9.17, 15) is 4.79 Å². The maximum atomic E-state index is 12.1. The molecule has 0 saturated carbocycles. The molecule has 0 aliphatic heterocycles. The SMILES string of the molecule is COc1ccc(C(=O)/C=C/C2=CC[C-]=C2)c(OC)c1.[C-]1=CC=CC1.[Fe+2]. The van der Waals surface area contributed by atoms with Gasteiger partial charge in [0.05, 0.1) is 19.8 Å². The van der Waals surface area contributed by atoms with Gasteiger partial charge in [-0.25, -0.2) is 18.2 Å². The van der Waals surface area contributed by atoms with Gasteiger partial charge in [-0.15, -0.1) is 18.9 Å². The van der Waals surface area contributed by atoms with Gasteiger partial charge in [0.15, 0.2) is 5.78 Å². The third kappa shape index (κ3) is 6.61. The first-order valence-corrected chi connectivity index (χ1v) is 7.67. The van der Waals surface area contributed by atoms with Crippen molar-refractivity contribution in [1.29, 1.82) is 0 Å². The molecule has 0 aromatic heterocycles. The van der Waals surface area contributed by atoms with Crippen LogP contribution in [-0.2, 0) is 17.1 Å². The number of methoxy groups -OCH3 is 2. The normalized spacial score (nSPS) is 13.9. The summed E-state index contributed by atoms with van der Waals surface area (Å²) < 4.78 is 10.3. The summed E-state index contributed by atoms with van der Waals surface area (Å²) in [5.74, 6) is 1.07. The van der Waals surface area contributed by atoms with Crippen LogP contribution in [0.3, 0.4) is 0 Å². The van der Waals surface area contributed by atoms with E-state index in [1.807, 2.05) is 24.3 Å². The van der Waals surface area contributed by atoms with Crippen molar-refractivity contribution >= 4 is 5.78 Å². The van der Waals surface area contributed by atoms with Gasteiger partial charge in [0.2, 0.25) is 0 Å². The molecule has 1 aromatic rings. The van der Waals surface area contributed by atoms with E-state index in [1.54, 1.807) is 37.5 Å². The van der Waals surface area contributed by atoms with E-state index >= 15 is 0 Å².